The molecule has 0 saturated heterocycles. The number of amides is 1. The monoisotopic (exact) mass is 391 g/mol. The number of aromatic nitrogens is 2. The van der Waals surface area contributed by atoms with Gasteiger partial charge in [0.25, 0.3) is 5.91 Å². The second kappa shape index (κ2) is 7.88. The number of benzene rings is 1. The van der Waals surface area contributed by atoms with E-state index in [1.807, 2.05) is 31.2 Å². The molecular formula is C18H18ClN3O3S. The summed E-state index contributed by atoms with van der Waals surface area (Å²) in [6.45, 7) is 2.47. The summed E-state index contributed by atoms with van der Waals surface area (Å²) in [5, 5.41) is 8.50. The third-order valence-corrected chi connectivity index (χ3v) is 5.62. The molecule has 3 aromatic rings. The van der Waals surface area contributed by atoms with E-state index in [0.29, 0.717) is 35.1 Å². The van der Waals surface area contributed by atoms with E-state index in [1.54, 1.807) is 10.7 Å². The van der Waals surface area contributed by atoms with Crippen molar-refractivity contribution in [2.75, 3.05) is 12.4 Å². The summed E-state index contributed by atoms with van der Waals surface area (Å²) in [6.07, 6.45) is 0.944. The van der Waals surface area contributed by atoms with Crippen LogP contribution in [0.25, 0.3) is 10.1 Å². The van der Waals surface area contributed by atoms with E-state index >= 15 is 0 Å². The van der Waals surface area contributed by atoms with Crippen molar-refractivity contribution in [1.29, 1.82) is 0 Å². The first-order valence-electron chi connectivity index (χ1n) is 8.09. The number of hydrogen-bond acceptors (Lipinski definition) is 5. The van der Waals surface area contributed by atoms with Crippen LogP contribution in [-0.4, -0.2) is 28.8 Å². The average Bonchev–Trinajstić information content (AvgIpc) is 3.15. The van der Waals surface area contributed by atoms with Gasteiger partial charge >= 0.3 is 5.97 Å². The van der Waals surface area contributed by atoms with Gasteiger partial charge in [0.15, 0.2) is 5.82 Å². The summed E-state index contributed by atoms with van der Waals surface area (Å²) in [5.41, 5.74) is 0.896. The molecular weight excluding hydrogens is 374 g/mol. The molecule has 0 aliphatic carbocycles. The molecule has 0 atom stereocenters. The lowest BCUT2D eigenvalue weighted by Gasteiger charge is -2.03. The number of hydrogen-bond donors (Lipinski definition) is 1. The Hall–Kier alpha value is -2.38. The normalized spacial score (nSPS) is 10.9. The van der Waals surface area contributed by atoms with Gasteiger partial charge in [0.1, 0.15) is 4.88 Å². The molecule has 1 aromatic carbocycles. The molecule has 6 nitrogen and oxygen atoms in total. The molecule has 2 aromatic heterocycles. The highest BCUT2D eigenvalue weighted by molar-refractivity contribution is 7.21. The Morgan fingerprint density at radius 2 is 2.12 bits per heavy atom. The SMILES string of the molecule is COC(=O)CCCn1nc(NC(=O)c2sc3ccccc3c2Cl)cc1C. The van der Waals surface area contributed by atoms with Gasteiger partial charge in [0.05, 0.1) is 12.1 Å². The molecule has 3 rings (SSSR count). The fourth-order valence-electron chi connectivity index (χ4n) is 2.61. The maximum Gasteiger partial charge on any atom is 0.305 e. The largest absolute Gasteiger partial charge is 0.469 e. The minimum Gasteiger partial charge on any atom is -0.469 e. The van der Waals surface area contributed by atoms with Crippen molar-refractivity contribution in [3.8, 4) is 0 Å². The fourth-order valence-corrected chi connectivity index (χ4v) is 4.02. The van der Waals surface area contributed by atoms with Gasteiger partial charge in [-0.25, -0.2) is 0 Å². The van der Waals surface area contributed by atoms with Crippen LogP contribution in [-0.2, 0) is 16.1 Å². The Morgan fingerprint density at radius 3 is 2.85 bits per heavy atom. The lowest BCUT2D eigenvalue weighted by molar-refractivity contribution is -0.140. The van der Waals surface area contributed by atoms with E-state index in [4.69, 9.17) is 11.6 Å². The average molecular weight is 392 g/mol. The Kier molecular flexibility index (Phi) is 5.58. The molecule has 0 unspecified atom stereocenters. The van der Waals surface area contributed by atoms with Gasteiger partial charge in [0.2, 0.25) is 0 Å². The summed E-state index contributed by atoms with van der Waals surface area (Å²) in [6, 6.07) is 9.42. The molecule has 0 radical (unpaired) electrons. The van der Waals surface area contributed by atoms with Crippen LogP contribution in [0.15, 0.2) is 30.3 Å². The molecule has 26 heavy (non-hydrogen) atoms. The summed E-state index contributed by atoms with van der Waals surface area (Å²) in [4.78, 5) is 24.2. The Balaban J connectivity index is 1.70. The first kappa shape index (κ1) is 18.4. The molecule has 0 bridgehead atoms. The van der Waals surface area contributed by atoms with E-state index in [1.165, 1.54) is 18.4 Å². The maximum atomic E-state index is 12.6. The highest BCUT2D eigenvalue weighted by atomic mass is 35.5. The molecule has 0 spiro atoms. The number of nitrogens with zero attached hydrogens (tertiary/aromatic N) is 2. The third-order valence-electron chi connectivity index (χ3n) is 3.94. The molecule has 136 valence electrons. The first-order valence-corrected chi connectivity index (χ1v) is 9.28. The second-order valence-electron chi connectivity index (χ2n) is 5.77. The zero-order chi connectivity index (χ0) is 18.7. The number of anilines is 1. The van der Waals surface area contributed by atoms with Crippen LogP contribution in [0.4, 0.5) is 5.82 Å². The molecule has 1 amide bonds. The van der Waals surface area contributed by atoms with Crippen LogP contribution < -0.4 is 5.32 Å². The van der Waals surface area contributed by atoms with Gasteiger partial charge in [-0.1, -0.05) is 29.8 Å². The molecule has 0 aliphatic rings. The second-order valence-corrected chi connectivity index (χ2v) is 7.20. The number of rotatable bonds is 6. The Bertz CT molecular complexity index is 964. The number of aryl methyl sites for hydroxylation is 2. The van der Waals surface area contributed by atoms with Crippen molar-refractivity contribution >= 4 is 50.7 Å². The van der Waals surface area contributed by atoms with E-state index in [9.17, 15) is 9.59 Å². The summed E-state index contributed by atoms with van der Waals surface area (Å²) >= 11 is 7.70. The number of thiophene rings is 1. The lowest BCUT2D eigenvalue weighted by Crippen LogP contribution is -2.12. The van der Waals surface area contributed by atoms with Crippen molar-refractivity contribution in [1.82, 2.24) is 9.78 Å². The molecule has 2 heterocycles. The zero-order valence-electron chi connectivity index (χ0n) is 14.4. The number of esters is 1. The number of nitrogens with one attached hydrogen (secondary N) is 1. The van der Waals surface area contributed by atoms with Gasteiger partial charge in [-0.2, -0.15) is 5.10 Å². The minimum atomic E-state index is -0.282. The van der Waals surface area contributed by atoms with Gasteiger partial charge in [-0.15, -0.1) is 11.3 Å². The van der Waals surface area contributed by atoms with Gasteiger partial charge in [-0.3, -0.25) is 14.3 Å². The molecule has 0 aliphatic heterocycles. The Morgan fingerprint density at radius 1 is 1.35 bits per heavy atom. The quantitative estimate of drug-likeness (QED) is 0.637. The van der Waals surface area contributed by atoms with Crippen molar-refractivity contribution in [3.05, 3.63) is 45.9 Å². The smallest absolute Gasteiger partial charge is 0.305 e. The molecule has 0 saturated carbocycles. The number of fused-ring (bicyclic) bond motifs is 1. The lowest BCUT2D eigenvalue weighted by atomic mass is 10.2. The van der Waals surface area contributed by atoms with Crippen LogP contribution >= 0.6 is 22.9 Å². The van der Waals surface area contributed by atoms with Crippen molar-refractivity contribution < 1.29 is 14.3 Å². The van der Waals surface area contributed by atoms with E-state index in [2.05, 4.69) is 15.2 Å². The highest BCUT2D eigenvalue weighted by Crippen LogP contribution is 2.35. The van der Waals surface area contributed by atoms with Crippen LogP contribution in [0.5, 0.6) is 0 Å². The van der Waals surface area contributed by atoms with Crippen molar-refractivity contribution in [2.24, 2.45) is 0 Å². The van der Waals surface area contributed by atoms with E-state index < -0.39 is 0 Å². The predicted molar refractivity (Wildman–Crippen MR) is 103 cm³/mol. The topological polar surface area (TPSA) is 73.2 Å². The number of methoxy groups -OCH3 is 1. The first-order chi connectivity index (χ1) is 12.5. The summed E-state index contributed by atoms with van der Waals surface area (Å²) in [5.74, 6) is -0.0720. The van der Waals surface area contributed by atoms with Gasteiger partial charge in [0, 0.05) is 34.8 Å². The third kappa shape index (κ3) is 3.89. The van der Waals surface area contributed by atoms with E-state index in [-0.39, 0.29) is 11.9 Å². The number of carbonyl (C=O) groups is 2. The van der Waals surface area contributed by atoms with Gasteiger partial charge < -0.3 is 10.1 Å². The molecule has 8 heteroatoms. The predicted octanol–water partition coefficient (Wildman–Crippen LogP) is 4.27. The summed E-state index contributed by atoms with van der Waals surface area (Å²) < 4.78 is 7.34. The number of halogens is 1. The van der Waals surface area contributed by atoms with E-state index in [0.717, 1.165) is 15.8 Å². The van der Waals surface area contributed by atoms with Crippen LogP contribution in [0.2, 0.25) is 5.02 Å². The minimum absolute atomic E-state index is 0.247. The molecule has 1 N–H and O–H groups in total. The standard InChI is InChI=1S/C18H18ClN3O3S/c1-11-10-14(21-22(11)9-5-8-15(23)25-2)20-18(24)17-16(19)12-6-3-4-7-13(12)26-17/h3-4,6-7,10H,5,8-9H2,1-2H3,(H,20,21,24). The van der Waals surface area contributed by atoms with Crippen molar-refractivity contribution in [3.63, 3.8) is 0 Å². The highest BCUT2D eigenvalue weighted by Gasteiger charge is 2.18. The molecule has 0 fully saturated rings. The summed E-state index contributed by atoms with van der Waals surface area (Å²) in [7, 11) is 1.37. The van der Waals surface area contributed by atoms with Crippen LogP contribution in [0.3, 0.4) is 0 Å². The van der Waals surface area contributed by atoms with Crippen molar-refractivity contribution in [2.45, 2.75) is 26.3 Å². The number of carbonyl (C=O) groups excluding carboxylic acids is 2. The number of ether oxygens (including phenoxy) is 1. The van der Waals surface area contributed by atoms with Crippen LogP contribution in [0, 0.1) is 6.92 Å². The zero-order valence-corrected chi connectivity index (χ0v) is 16.0. The van der Waals surface area contributed by atoms with Gasteiger partial charge in [-0.05, 0) is 19.4 Å². The fraction of sp³-hybridized carbons (Fsp3) is 0.278. The maximum absolute atomic E-state index is 12.6. The Labute approximate surface area is 159 Å². The van der Waals surface area contributed by atoms with Crippen LogP contribution in [0.1, 0.15) is 28.2 Å².